The summed E-state index contributed by atoms with van der Waals surface area (Å²) in [6, 6.07) is 0. The van der Waals surface area contributed by atoms with Crippen molar-refractivity contribution >= 4 is 5.91 Å². The number of hydrogen-bond acceptors (Lipinski definition) is 6. The van der Waals surface area contributed by atoms with Gasteiger partial charge in [-0.1, -0.05) is 13.8 Å². The lowest BCUT2D eigenvalue weighted by Gasteiger charge is -2.31. The third kappa shape index (κ3) is 4.78. The van der Waals surface area contributed by atoms with E-state index in [1.807, 2.05) is 11.8 Å². The maximum absolute atomic E-state index is 13.0. The fourth-order valence-electron chi connectivity index (χ4n) is 3.41. The number of rotatable bonds is 4. The number of carbonyl (C=O) groups excluding carboxylic acids is 1. The lowest BCUT2D eigenvalue weighted by Crippen LogP contribution is -2.46. The topological polar surface area (TPSA) is 67.8 Å². The lowest BCUT2D eigenvalue weighted by molar-refractivity contribution is -0.0112. The zero-order valence-electron chi connectivity index (χ0n) is 16.1. The van der Waals surface area contributed by atoms with E-state index < -0.39 is 0 Å². The van der Waals surface area contributed by atoms with Crippen LogP contribution in [0.5, 0.6) is 0 Å². The first-order valence-electron chi connectivity index (χ1n) is 9.59. The Balaban J connectivity index is 1.67. The summed E-state index contributed by atoms with van der Waals surface area (Å²) in [6.45, 7) is 12.3. The average Bonchev–Trinajstić information content (AvgIpc) is 2.87. The molecule has 2 fully saturated rings. The Kier molecular flexibility index (Phi) is 6.56. The molecule has 0 unspecified atom stereocenters. The molecule has 1 amide bonds. The van der Waals surface area contributed by atoms with Gasteiger partial charge in [-0.2, -0.15) is 0 Å². The minimum absolute atomic E-state index is 0.00952. The number of hydrogen-bond donors (Lipinski definition) is 0. The van der Waals surface area contributed by atoms with Gasteiger partial charge < -0.3 is 14.4 Å². The van der Waals surface area contributed by atoms with Crippen LogP contribution in [0, 0.1) is 6.92 Å². The van der Waals surface area contributed by atoms with Crippen molar-refractivity contribution in [1.29, 1.82) is 0 Å². The van der Waals surface area contributed by atoms with Crippen molar-refractivity contribution in [1.82, 2.24) is 19.8 Å². The van der Waals surface area contributed by atoms with Crippen LogP contribution in [0.4, 0.5) is 0 Å². The van der Waals surface area contributed by atoms with Gasteiger partial charge in [0.25, 0.3) is 5.91 Å². The molecule has 2 aliphatic heterocycles. The lowest BCUT2D eigenvalue weighted by atomic mass is 10.1. The maximum Gasteiger partial charge on any atom is 0.257 e. The summed E-state index contributed by atoms with van der Waals surface area (Å²) in [5, 5.41) is 0. The van der Waals surface area contributed by atoms with Crippen molar-refractivity contribution in [3.05, 3.63) is 23.3 Å². The van der Waals surface area contributed by atoms with Crippen molar-refractivity contribution < 1.29 is 14.3 Å². The van der Waals surface area contributed by atoms with Gasteiger partial charge in [-0.05, 0) is 13.3 Å². The van der Waals surface area contributed by atoms with Crippen molar-refractivity contribution in [2.24, 2.45) is 0 Å². The Hall–Kier alpha value is -1.57. The Morgan fingerprint density at radius 2 is 2.04 bits per heavy atom. The van der Waals surface area contributed by atoms with Crippen LogP contribution >= 0.6 is 0 Å². The summed E-state index contributed by atoms with van der Waals surface area (Å²) in [5.74, 6) is 1.04. The average molecular weight is 362 g/mol. The molecule has 2 aliphatic rings. The fourth-order valence-corrected chi connectivity index (χ4v) is 3.41. The van der Waals surface area contributed by atoms with E-state index in [0.717, 1.165) is 50.8 Å². The molecule has 1 atom stereocenters. The van der Waals surface area contributed by atoms with Gasteiger partial charge >= 0.3 is 0 Å². The Bertz CT molecular complexity index is 617. The van der Waals surface area contributed by atoms with Crippen LogP contribution in [0.15, 0.2) is 6.20 Å². The molecule has 0 aromatic carbocycles. The molecule has 1 aromatic heterocycles. The molecule has 144 valence electrons. The van der Waals surface area contributed by atoms with Gasteiger partial charge in [-0.3, -0.25) is 9.69 Å². The van der Waals surface area contributed by atoms with Crippen molar-refractivity contribution in [3.63, 3.8) is 0 Å². The van der Waals surface area contributed by atoms with Crippen LogP contribution in [0.2, 0.25) is 0 Å². The molecule has 2 saturated heterocycles. The summed E-state index contributed by atoms with van der Waals surface area (Å²) in [5.41, 5.74) is 1.35. The highest BCUT2D eigenvalue weighted by Crippen LogP contribution is 2.16. The van der Waals surface area contributed by atoms with Crippen LogP contribution < -0.4 is 0 Å². The standard InChI is InChI=1S/C19H30N4O3/c1-14(2)18-20-11-17(15(3)21-18)19(24)23-5-4-8-26-16(13-23)12-22-6-9-25-10-7-22/h11,14,16H,4-10,12-13H2,1-3H3/t16-/m0/s1. The zero-order valence-corrected chi connectivity index (χ0v) is 16.1. The molecule has 26 heavy (non-hydrogen) atoms. The molecule has 0 aliphatic carbocycles. The molecule has 7 nitrogen and oxygen atoms in total. The summed E-state index contributed by atoms with van der Waals surface area (Å²) < 4.78 is 11.4. The van der Waals surface area contributed by atoms with Crippen LogP contribution in [-0.2, 0) is 9.47 Å². The monoisotopic (exact) mass is 362 g/mol. The van der Waals surface area contributed by atoms with Gasteiger partial charge in [0.2, 0.25) is 0 Å². The molecule has 0 radical (unpaired) electrons. The van der Waals surface area contributed by atoms with E-state index in [-0.39, 0.29) is 17.9 Å². The highest BCUT2D eigenvalue weighted by Gasteiger charge is 2.27. The first kappa shape index (κ1) is 19.2. The number of ether oxygens (including phenoxy) is 2. The number of aromatic nitrogens is 2. The van der Waals surface area contributed by atoms with E-state index in [4.69, 9.17) is 9.47 Å². The largest absolute Gasteiger partial charge is 0.379 e. The molecular weight excluding hydrogens is 332 g/mol. The van der Waals surface area contributed by atoms with E-state index in [2.05, 4.69) is 28.7 Å². The van der Waals surface area contributed by atoms with Crippen LogP contribution in [0.3, 0.4) is 0 Å². The Morgan fingerprint density at radius 3 is 2.73 bits per heavy atom. The first-order valence-corrected chi connectivity index (χ1v) is 9.59. The van der Waals surface area contributed by atoms with Gasteiger partial charge in [0.05, 0.1) is 30.6 Å². The second-order valence-corrected chi connectivity index (χ2v) is 7.39. The van der Waals surface area contributed by atoms with E-state index in [0.29, 0.717) is 25.3 Å². The normalized spacial score (nSPS) is 22.5. The molecular formula is C19H30N4O3. The predicted octanol–water partition coefficient (Wildman–Crippen LogP) is 1.47. The quantitative estimate of drug-likeness (QED) is 0.808. The van der Waals surface area contributed by atoms with Gasteiger partial charge in [0, 0.05) is 51.4 Å². The molecule has 7 heteroatoms. The number of carbonyl (C=O) groups is 1. The molecule has 3 rings (SSSR count). The maximum atomic E-state index is 13.0. The van der Waals surface area contributed by atoms with E-state index in [1.54, 1.807) is 6.20 Å². The molecule has 1 aromatic rings. The summed E-state index contributed by atoms with van der Waals surface area (Å²) >= 11 is 0. The third-order valence-electron chi connectivity index (χ3n) is 4.95. The minimum atomic E-state index is 0.00952. The van der Waals surface area contributed by atoms with Crippen LogP contribution in [0.1, 0.15) is 48.1 Å². The van der Waals surface area contributed by atoms with E-state index in [1.165, 1.54) is 0 Å². The van der Waals surface area contributed by atoms with Crippen molar-refractivity contribution in [3.8, 4) is 0 Å². The second kappa shape index (κ2) is 8.88. The van der Waals surface area contributed by atoms with Gasteiger partial charge in [-0.15, -0.1) is 0 Å². The summed E-state index contributed by atoms with van der Waals surface area (Å²) in [7, 11) is 0. The first-order chi connectivity index (χ1) is 12.5. The van der Waals surface area contributed by atoms with Gasteiger partial charge in [-0.25, -0.2) is 9.97 Å². The fraction of sp³-hybridized carbons (Fsp3) is 0.737. The van der Waals surface area contributed by atoms with Crippen molar-refractivity contribution in [2.45, 2.75) is 39.2 Å². The number of amides is 1. The zero-order chi connectivity index (χ0) is 18.5. The van der Waals surface area contributed by atoms with E-state index in [9.17, 15) is 4.79 Å². The minimum Gasteiger partial charge on any atom is -0.379 e. The summed E-state index contributed by atoms with van der Waals surface area (Å²) in [6.07, 6.45) is 2.58. The summed E-state index contributed by atoms with van der Waals surface area (Å²) in [4.78, 5) is 26.2. The third-order valence-corrected chi connectivity index (χ3v) is 4.95. The van der Waals surface area contributed by atoms with Crippen molar-refractivity contribution in [2.75, 3.05) is 52.5 Å². The molecule has 0 spiro atoms. The highest BCUT2D eigenvalue weighted by molar-refractivity contribution is 5.95. The second-order valence-electron chi connectivity index (χ2n) is 7.39. The van der Waals surface area contributed by atoms with Crippen LogP contribution in [-0.4, -0.2) is 84.3 Å². The molecule has 0 N–H and O–H groups in total. The number of morpholine rings is 1. The smallest absolute Gasteiger partial charge is 0.257 e. The molecule has 0 bridgehead atoms. The SMILES string of the molecule is Cc1nc(C(C)C)ncc1C(=O)N1CCCO[C@@H](CN2CCOCC2)C1. The number of aryl methyl sites for hydroxylation is 1. The Morgan fingerprint density at radius 1 is 1.27 bits per heavy atom. The predicted molar refractivity (Wildman–Crippen MR) is 98.4 cm³/mol. The Labute approximate surface area is 155 Å². The highest BCUT2D eigenvalue weighted by atomic mass is 16.5. The van der Waals surface area contributed by atoms with Crippen LogP contribution in [0.25, 0.3) is 0 Å². The van der Waals surface area contributed by atoms with Gasteiger partial charge in [0.1, 0.15) is 5.82 Å². The number of nitrogens with zero attached hydrogens (tertiary/aromatic N) is 4. The molecule has 3 heterocycles. The van der Waals surface area contributed by atoms with Gasteiger partial charge in [0.15, 0.2) is 0 Å². The molecule has 0 saturated carbocycles. The van der Waals surface area contributed by atoms with E-state index >= 15 is 0 Å².